The van der Waals surface area contributed by atoms with Gasteiger partial charge in [-0.25, -0.2) is 14.8 Å². The highest BCUT2D eigenvalue weighted by atomic mass is 16.4. The van der Waals surface area contributed by atoms with Gasteiger partial charge < -0.3 is 15.0 Å². The van der Waals surface area contributed by atoms with Crippen LogP contribution in [0.1, 0.15) is 21.6 Å². The Morgan fingerprint density at radius 1 is 1.47 bits per heavy atom. The summed E-state index contributed by atoms with van der Waals surface area (Å²) in [6.07, 6.45) is 5.28. The van der Waals surface area contributed by atoms with E-state index in [9.17, 15) is 9.90 Å². The van der Waals surface area contributed by atoms with E-state index in [4.69, 9.17) is 0 Å². The average Bonchev–Trinajstić information content (AvgIpc) is 2.80. The number of hydrogen-bond acceptors (Lipinski definition) is 4. The maximum absolute atomic E-state index is 11.3. The van der Waals surface area contributed by atoms with Crippen molar-refractivity contribution >= 4 is 11.8 Å². The molecule has 0 aromatic carbocycles. The fourth-order valence-electron chi connectivity index (χ4n) is 1.96. The smallest absolute Gasteiger partial charge is 0.339 e. The van der Waals surface area contributed by atoms with Crippen LogP contribution in [0.5, 0.6) is 0 Å². The largest absolute Gasteiger partial charge is 0.478 e. The van der Waals surface area contributed by atoms with E-state index in [2.05, 4.69) is 15.3 Å². The van der Waals surface area contributed by atoms with E-state index in [0.717, 1.165) is 5.69 Å². The molecule has 0 fully saturated rings. The van der Waals surface area contributed by atoms with Crippen molar-refractivity contribution in [3.8, 4) is 0 Å². The molecular weight excluding hydrogens is 244 g/mol. The van der Waals surface area contributed by atoms with Crippen molar-refractivity contribution in [3.63, 3.8) is 0 Å². The first-order chi connectivity index (χ1) is 9.08. The van der Waals surface area contributed by atoms with E-state index in [0.29, 0.717) is 24.5 Å². The number of rotatable bonds is 5. The molecule has 0 atom stereocenters. The molecule has 2 N–H and O–H groups in total. The Balaban J connectivity index is 2.12. The van der Waals surface area contributed by atoms with Crippen LogP contribution in [0.25, 0.3) is 0 Å². The standard InChI is InChI=1S/C13H16N4O2/c1-9-7-10(2)16-12(11(9)13(18)19)15-4-6-17-5-3-14-8-17/h3,5,7-8H,4,6H2,1-2H3,(H,15,16)(H,18,19). The number of pyridine rings is 1. The molecule has 6 heteroatoms. The average molecular weight is 260 g/mol. The van der Waals surface area contributed by atoms with Crippen LogP contribution < -0.4 is 5.32 Å². The van der Waals surface area contributed by atoms with Crippen LogP contribution in [0, 0.1) is 13.8 Å². The maximum Gasteiger partial charge on any atom is 0.339 e. The number of carboxylic acid groups (broad SMARTS) is 1. The maximum atomic E-state index is 11.3. The molecule has 0 aliphatic heterocycles. The lowest BCUT2D eigenvalue weighted by Crippen LogP contribution is -2.15. The normalized spacial score (nSPS) is 10.4. The Morgan fingerprint density at radius 2 is 2.26 bits per heavy atom. The summed E-state index contributed by atoms with van der Waals surface area (Å²) >= 11 is 0. The summed E-state index contributed by atoms with van der Waals surface area (Å²) in [6.45, 7) is 4.92. The summed E-state index contributed by atoms with van der Waals surface area (Å²) in [5.74, 6) is -0.541. The van der Waals surface area contributed by atoms with Crippen LogP contribution in [0.4, 0.5) is 5.82 Å². The molecule has 0 saturated heterocycles. The molecule has 0 radical (unpaired) electrons. The first-order valence-corrected chi connectivity index (χ1v) is 5.99. The van der Waals surface area contributed by atoms with Gasteiger partial charge in [0.15, 0.2) is 0 Å². The van der Waals surface area contributed by atoms with Gasteiger partial charge in [-0.3, -0.25) is 0 Å². The highest BCUT2D eigenvalue weighted by Gasteiger charge is 2.15. The van der Waals surface area contributed by atoms with Gasteiger partial charge in [0, 0.05) is 31.2 Å². The molecule has 0 spiro atoms. The Kier molecular flexibility index (Phi) is 3.79. The predicted octanol–water partition coefficient (Wildman–Crippen LogP) is 1.71. The number of imidazole rings is 1. The zero-order valence-corrected chi connectivity index (χ0v) is 10.9. The number of carboxylic acids is 1. The van der Waals surface area contributed by atoms with Crippen LogP contribution in [-0.2, 0) is 6.54 Å². The number of anilines is 1. The van der Waals surface area contributed by atoms with Crippen LogP contribution in [0.15, 0.2) is 24.8 Å². The van der Waals surface area contributed by atoms with Crippen molar-refractivity contribution in [3.05, 3.63) is 41.6 Å². The topological polar surface area (TPSA) is 80.0 Å². The third kappa shape index (κ3) is 3.09. The molecule has 0 aliphatic carbocycles. The number of nitrogens with one attached hydrogen (secondary N) is 1. The summed E-state index contributed by atoms with van der Waals surface area (Å²) < 4.78 is 1.91. The second-order valence-electron chi connectivity index (χ2n) is 4.34. The van der Waals surface area contributed by atoms with Gasteiger partial charge in [0.1, 0.15) is 11.4 Å². The van der Waals surface area contributed by atoms with E-state index >= 15 is 0 Å². The van der Waals surface area contributed by atoms with Crippen LogP contribution in [-0.4, -0.2) is 32.2 Å². The van der Waals surface area contributed by atoms with E-state index in [1.807, 2.05) is 17.7 Å². The minimum absolute atomic E-state index is 0.233. The fraction of sp³-hybridized carbons (Fsp3) is 0.308. The summed E-state index contributed by atoms with van der Waals surface area (Å²) in [5.41, 5.74) is 1.74. The number of nitrogens with zero attached hydrogens (tertiary/aromatic N) is 3. The van der Waals surface area contributed by atoms with Crippen LogP contribution in [0.2, 0.25) is 0 Å². The summed E-state index contributed by atoms with van der Waals surface area (Å²) in [5, 5.41) is 12.3. The Morgan fingerprint density at radius 3 is 2.89 bits per heavy atom. The monoisotopic (exact) mass is 260 g/mol. The third-order valence-electron chi connectivity index (χ3n) is 2.78. The van der Waals surface area contributed by atoms with E-state index in [1.54, 1.807) is 25.5 Å². The first kappa shape index (κ1) is 13.1. The Labute approximate surface area is 111 Å². The van der Waals surface area contributed by atoms with Crippen LogP contribution >= 0.6 is 0 Å². The number of aryl methyl sites for hydroxylation is 2. The van der Waals surface area contributed by atoms with E-state index < -0.39 is 5.97 Å². The molecule has 2 aromatic rings. The highest BCUT2D eigenvalue weighted by molar-refractivity contribution is 5.94. The van der Waals surface area contributed by atoms with Gasteiger partial charge in [0.05, 0.1) is 6.33 Å². The number of carbonyl (C=O) groups is 1. The molecule has 0 bridgehead atoms. The molecular formula is C13H16N4O2. The zero-order valence-electron chi connectivity index (χ0n) is 10.9. The molecule has 2 heterocycles. The lowest BCUT2D eigenvalue weighted by atomic mass is 10.1. The number of aromatic carboxylic acids is 1. The van der Waals surface area contributed by atoms with Crippen molar-refractivity contribution in [2.75, 3.05) is 11.9 Å². The first-order valence-electron chi connectivity index (χ1n) is 5.99. The van der Waals surface area contributed by atoms with Crippen molar-refractivity contribution in [1.82, 2.24) is 14.5 Å². The van der Waals surface area contributed by atoms with Gasteiger partial charge in [0.25, 0.3) is 0 Å². The van der Waals surface area contributed by atoms with Crippen molar-refractivity contribution in [2.45, 2.75) is 20.4 Å². The second kappa shape index (κ2) is 5.51. The van der Waals surface area contributed by atoms with Crippen LogP contribution in [0.3, 0.4) is 0 Å². The molecule has 19 heavy (non-hydrogen) atoms. The number of hydrogen-bond donors (Lipinski definition) is 2. The quantitative estimate of drug-likeness (QED) is 0.855. The van der Waals surface area contributed by atoms with Crippen molar-refractivity contribution in [1.29, 1.82) is 0 Å². The Hall–Kier alpha value is -2.37. The molecule has 6 nitrogen and oxygen atoms in total. The zero-order chi connectivity index (χ0) is 13.8. The minimum Gasteiger partial charge on any atom is -0.478 e. The van der Waals surface area contributed by atoms with Gasteiger partial charge in [0.2, 0.25) is 0 Å². The van der Waals surface area contributed by atoms with Gasteiger partial charge in [-0.1, -0.05) is 0 Å². The molecule has 100 valence electrons. The second-order valence-corrected chi connectivity index (χ2v) is 4.34. The summed E-state index contributed by atoms with van der Waals surface area (Å²) in [4.78, 5) is 19.5. The third-order valence-corrected chi connectivity index (χ3v) is 2.78. The molecule has 2 rings (SSSR count). The van der Waals surface area contributed by atoms with E-state index in [-0.39, 0.29) is 5.56 Å². The predicted molar refractivity (Wildman–Crippen MR) is 71.4 cm³/mol. The summed E-state index contributed by atoms with van der Waals surface area (Å²) in [7, 11) is 0. The van der Waals surface area contributed by atoms with Gasteiger partial charge in [-0.2, -0.15) is 0 Å². The lowest BCUT2D eigenvalue weighted by Gasteiger charge is -2.12. The van der Waals surface area contributed by atoms with Gasteiger partial charge in [-0.15, -0.1) is 0 Å². The molecule has 2 aromatic heterocycles. The number of aromatic nitrogens is 3. The lowest BCUT2D eigenvalue weighted by molar-refractivity contribution is 0.0697. The molecule has 0 unspecified atom stereocenters. The van der Waals surface area contributed by atoms with Crippen molar-refractivity contribution < 1.29 is 9.90 Å². The Bertz CT molecular complexity index is 579. The van der Waals surface area contributed by atoms with E-state index in [1.165, 1.54) is 0 Å². The van der Waals surface area contributed by atoms with Crippen molar-refractivity contribution in [2.24, 2.45) is 0 Å². The SMILES string of the molecule is Cc1cc(C)c(C(=O)O)c(NCCn2ccnc2)n1. The highest BCUT2D eigenvalue weighted by Crippen LogP contribution is 2.18. The molecule has 0 aliphatic rings. The minimum atomic E-state index is -0.963. The van der Waals surface area contributed by atoms with Gasteiger partial charge in [-0.05, 0) is 25.5 Å². The fourth-order valence-corrected chi connectivity index (χ4v) is 1.96. The molecule has 0 saturated carbocycles. The summed E-state index contributed by atoms with van der Waals surface area (Å²) in [6, 6.07) is 1.77. The van der Waals surface area contributed by atoms with Gasteiger partial charge >= 0.3 is 5.97 Å². The molecule has 0 amide bonds.